The average molecular weight is 496 g/mol. The van der Waals surface area contributed by atoms with E-state index in [1.165, 1.54) is 0 Å². The van der Waals surface area contributed by atoms with Crippen LogP contribution in [0.3, 0.4) is 0 Å². The van der Waals surface area contributed by atoms with Gasteiger partial charge in [0.05, 0.1) is 34.7 Å². The van der Waals surface area contributed by atoms with E-state index in [1.54, 1.807) is 23.0 Å². The summed E-state index contributed by atoms with van der Waals surface area (Å²) in [5.74, 6) is -0.0902. The van der Waals surface area contributed by atoms with E-state index in [4.69, 9.17) is 16.3 Å². The first-order valence-electron chi connectivity index (χ1n) is 9.74. The van der Waals surface area contributed by atoms with E-state index < -0.39 is 17.2 Å². The van der Waals surface area contributed by atoms with E-state index in [1.807, 2.05) is 39.8 Å². The first-order chi connectivity index (χ1) is 13.9. The second-order valence-electron chi connectivity index (χ2n) is 8.97. The van der Waals surface area contributed by atoms with Crippen molar-refractivity contribution in [3.63, 3.8) is 0 Å². The van der Waals surface area contributed by atoms with E-state index in [0.29, 0.717) is 18.1 Å². The van der Waals surface area contributed by atoms with Gasteiger partial charge in [-0.1, -0.05) is 11.6 Å². The number of hydrogen-bond acceptors (Lipinski definition) is 5. The topological polar surface area (TPSA) is 66.0 Å². The zero-order chi connectivity index (χ0) is 22.0. The molecule has 30 heavy (non-hydrogen) atoms. The summed E-state index contributed by atoms with van der Waals surface area (Å²) in [6.45, 7) is 8.56. The van der Waals surface area contributed by atoms with Gasteiger partial charge in [-0.05, 0) is 55.8 Å². The van der Waals surface area contributed by atoms with Gasteiger partial charge in [-0.25, -0.2) is 4.79 Å². The lowest BCUT2D eigenvalue weighted by Gasteiger charge is -2.53. The van der Waals surface area contributed by atoms with Gasteiger partial charge in [-0.15, -0.1) is 0 Å². The van der Waals surface area contributed by atoms with Crippen molar-refractivity contribution in [3.05, 3.63) is 27.8 Å². The van der Waals surface area contributed by atoms with Gasteiger partial charge in [0.1, 0.15) is 11.1 Å². The third kappa shape index (κ3) is 3.30. The summed E-state index contributed by atoms with van der Waals surface area (Å²) in [5.41, 5.74) is 0.896. The Balaban J connectivity index is 1.81. The van der Waals surface area contributed by atoms with Gasteiger partial charge < -0.3 is 19.4 Å². The van der Waals surface area contributed by atoms with Crippen molar-refractivity contribution < 1.29 is 14.3 Å². The number of carbonyl (C=O) groups is 2. The van der Waals surface area contributed by atoms with Crippen LogP contribution in [0.4, 0.5) is 16.2 Å². The molecule has 1 fully saturated rings. The molecule has 0 N–H and O–H groups in total. The number of anilines is 2. The normalized spacial score (nSPS) is 21.6. The van der Waals surface area contributed by atoms with Crippen LogP contribution >= 0.6 is 27.5 Å². The minimum absolute atomic E-state index is 0.0902. The highest BCUT2D eigenvalue weighted by Gasteiger charge is 2.51. The monoisotopic (exact) mass is 494 g/mol. The Hall–Kier alpha value is -2.06. The number of nitrogens with zero attached hydrogens (tertiary/aromatic N) is 4. The maximum atomic E-state index is 13.4. The van der Waals surface area contributed by atoms with Crippen LogP contribution in [-0.2, 0) is 9.53 Å². The van der Waals surface area contributed by atoms with E-state index >= 15 is 0 Å². The van der Waals surface area contributed by atoms with Crippen LogP contribution in [0, 0.1) is 0 Å². The van der Waals surface area contributed by atoms with Crippen LogP contribution < -0.4 is 9.80 Å². The van der Waals surface area contributed by atoms with Gasteiger partial charge in [-0.3, -0.25) is 9.78 Å². The van der Waals surface area contributed by atoms with Gasteiger partial charge in [-0.2, -0.15) is 0 Å². The molecule has 2 aliphatic rings. The summed E-state index contributed by atoms with van der Waals surface area (Å²) >= 11 is 9.84. The largest absolute Gasteiger partial charge is 0.444 e. The molecular weight excluding hydrogens is 472 g/mol. The molecular formula is C21H24BrClN4O3. The molecule has 0 bridgehead atoms. The molecule has 0 saturated carbocycles. The molecule has 2 aromatic rings. The molecule has 0 aliphatic carbocycles. The fraction of sp³-hybridized carbons (Fsp3) is 0.476. The number of fused-ring (bicyclic) bond motifs is 5. The maximum absolute atomic E-state index is 13.4. The SMILES string of the molecule is CN1C(=O)C2(C)CN(C(=O)OC(C)(C)C)CCN2c2c1cnc1cc(Br)c(Cl)cc21. The number of halogens is 2. The molecule has 9 heteroatoms. The predicted molar refractivity (Wildman–Crippen MR) is 121 cm³/mol. The number of pyridine rings is 1. The molecule has 3 heterocycles. The minimum atomic E-state index is -0.926. The molecule has 160 valence electrons. The summed E-state index contributed by atoms with van der Waals surface area (Å²) < 4.78 is 6.31. The van der Waals surface area contributed by atoms with Crippen LogP contribution in [0.15, 0.2) is 22.8 Å². The Labute approximate surface area is 189 Å². The Bertz CT molecular complexity index is 1070. The summed E-state index contributed by atoms with van der Waals surface area (Å²) in [6.07, 6.45) is 1.31. The lowest BCUT2D eigenvalue weighted by Crippen LogP contribution is -2.70. The van der Waals surface area contributed by atoms with Crippen LogP contribution in [0.5, 0.6) is 0 Å². The number of piperazine rings is 1. The number of rotatable bonds is 0. The third-order valence-corrected chi connectivity index (χ3v) is 6.80. The molecule has 1 atom stereocenters. The van der Waals surface area contributed by atoms with E-state index in [2.05, 4.69) is 25.8 Å². The Morgan fingerprint density at radius 1 is 1.30 bits per heavy atom. The number of amides is 2. The number of hydrogen-bond donors (Lipinski definition) is 0. The number of aromatic nitrogens is 1. The number of ether oxygens (including phenoxy) is 1. The Kier molecular flexibility index (Phi) is 4.93. The summed E-state index contributed by atoms with van der Waals surface area (Å²) in [4.78, 5) is 35.9. The predicted octanol–water partition coefficient (Wildman–Crippen LogP) is 4.44. The maximum Gasteiger partial charge on any atom is 0.410 e. The van der Waals surface area contributed by atoms with Crippen LogP contribution in [-0.4, -0.2) is 59.7 Å². The van der Waals surface area contributed by atoms with Crippen LogP contribution in [0.1, 0.15) is 27.7 Å². The molecule has 1 aromatic carbocycles. The smallest absolute Gasteiger partial charge is 0.410 e. The summed E-state index contributed by atoms with van der Waals surface area (Å²) in [5, 5.41) is 1.45. The third-order valence-electron chi connectivity index (χ3n) is 5.60. The number of carbonyl (C=O) groups excluding carboxylic acids is 2. The lowest BCUT2D eigenvalue weighted by atomic mass is 9.89. The molecule has 0 spiro atoms. The van der Waals surface area contributed by atoms with E-state index in [-0.39, 0.29) is 12.5 Å². The molecule has 2 aliphatic heterocycles. The van der Waals surface area contributed by atoms with Crippen molar-refractivity contribution >= 4 is 61.8 Å². The minimum Gasteiger partial charge on any atom is -0.444 e. The van der Waals surface area contributed by atoms with E-state index in [9.17, 15) is 9.59 Å². The first-order valence-corrected chi connectivity index (χ1v) is 10.9. The van der Waals surface area contributed by atoms with Gasteiger partial charge in [0.2, 0.25) is 0 Å². The average Bonchev–Trinajstić information content (AvgIpc) is 2.65. The van der Waals surface area contributed by atoms with E-state index in [0.717, 1.165) is 26.8 Å². The molecule has 4 rings (SSSR count). The van der Waals surface area contributed by atoms with Crippen molar-refractivity contribution in [2.75, 3.05) is 36.5 Å². The first kappa shape index (κ1) is 21.2. The lowest BCUT2D eigenvalue weighted by molar-refractivity contribution is -0.124. The zero-order valence-electron chi connectivity index (χ0n) is 17.6. The highest BCUT2D eigenvalue weighted by molar-refractivity contribution is 9.10. The van der Waals surface area contributed by atoms with Crippen LogP contribution in [0.2, 0.25) is 5.02 Å². The highest BCUT2D eigenvalue weighted by Crippen LogP contribution is 2.46. The standard InChI is InChI=1S/C21H24BrClN4O3/c1-20(2,3)30-19(29)26-6-7-27-17-12-8-14(23)13(22)9-15(12)24-10-16(17)25(5)18(28)21(27,4)11-26/h8-10H,6-7,11H2,1-5H3. The zero-order valence-corrected chi connectivity index (χ0v) is 20.0. The fourth-order valence-electron chi connectivity index (χ4n) is 4.19. The second-order valence-corrected chi connectivity index (χ2v) is 10.2. The van der Waals surface area contributed by atoms with Crippen molar-refractivity contribution in [1.82, 2.24) is 9.88 Å². The van der Waals surface area contributed by atoms with Gasteiger partial charge in [0.25, 0.3) is 5.91 Å². The molecule has 2 amide bonds. The Morgan fingerprint density at radius 3 is 2.67 bits per heavy atom. The van der Waals surface area contributed by atoms with Crippen molar-refractivity contribution in [2.45, 2.75) is 38.8 Å². The van der Waals surface area contributed by atoms with Crippen molar-refractivity contribution in [2.24, 2.45) is 0 Å². The molecule has 7 nitrogen and oxygen atoms in total. The molecule has 1 unspecified atom stereocenters. The van der Waals surface area contributed by atoms with Gasteiger partial charge in [0.15, 0.2) is 0 Å². The second kappa shape index (κ2) is 6.99. The molecule has 1 aromatic heterocycles. The summed E-state index contributed by atoms with van der Waals surface area (Å²) in [7, 11) is 1.74. The number of benzene rings is 1. The quantitative estimate of drug-likeness (QED) is 0.540. The Morgan fingerprint density at radius 2 is 2.00 bits per heavy atom. The van der Waals surface area contributed by atoms with Gasteiger partial charge in [0, 0.05) is 30.0 Å². The fourth-order valence-corrected chi connectivity index (χ4v) is 4.68. The van der Waals surface area contributed by atoms with Crippen molar-refractivity contribution in [1.29, 1.82) is 0 Å². The summed E-state index contributed by atoms with van der Waals surface area (Å²) in [6, 6.07) is 3.75. The molecule has 1 saturated heterocycles. The van der Waals surface area contributed by atoms with Crippen molar-refractivity contribution in [3.8, 4) is 0 Å². The van der Waals surface area contributed by atoms with Crippen LogP contribution in [0.25, 0.3) is 10.9 Å². The number of likely N-dealkylation sites (N-methyl/N-ethyl adjacent to an activating group) is 1. The van der Waals surface area contributed by atoms with Gasteiger partial charge >= 0.3 is 6.09 Å². The highest BCUT2D eigenvalue weighted by atomic mass is 79.9. The molecule has 0 radical (unpaired) electrons.